The van der Waals surface area contributed by atoms with E-state index in [1.807, 2.05) is 0 Å². The molecule has 109 heavy (non-hydrogen) atoms. The highest BCUT2D eigenvalue weighted by Crippen LogP contribution is 2.45. The SMILES string of the molecule is CCCCCCCCCCCCCCCCCCCCCCCCC(=O)O[C@H](COC(=O)CCCCCCCCCCCCCCCCCCCCC)COP(=O)(O)OC[C@@H](O)COP(=O)(O)OC[C@@H](COC(=O)CCCCCCCCCC(C)C)OC(=O)CCCCCCCCCCCCCCCCCC(C)C. The summed E-state index contributed by atoms with van der Waals surface area (Å²) in [6.07, 6.45) is 75.3. The molecule has 0 saturated carbocycles. The van der Waals surface area contributed by atoms with Crippen molar-refractivity contribution in [3.05, 3.63) is 0 Å². The highest BCUT2D eigenvalue weighted by molar-refractivity contribution is 7.47. The molecule has 19 heteroatoms. The first-order valence-corrected chi connectivity index (χ1v) is 49.5. The van der Waals surface area contributed by atoms with Crippen LogP contribution in [0.25, 0.3) is 0 Å². The van der Waals surface area contributed by atoms with E-state index in [0.717, 1.165) is 102 Å². The van der Waals surface area contributed by atoms with Crippen molar-refractivity contribution in [1.82, 2.24) is 0 Å². The lowest BCUT2D eigenvalue weighted by atomic mass is 10.0. The number of hydrogen-bond acceptors (Lipinski definition) is 15. The van der Waals surface area contributed by atoms with Gasteiger partial charge in [-0.3, -0.25) is 37.3 Å². The molecule has 0 aromatic carbocycles. The summed E-state index contributed by atoms with van der Waals surface area (Å²) in [6.45, 7) is 9.66. The molecular formula is C90H176O17P2. The molecule has 0 aliphatic carbocycles. The number of carbonyl (C=O) groups is 4. The fourth-order valence-electron chi connectivity index (χ4n) is 14.1. The smallest absolute Gasteiger partial charge is 0.462 e. The molecule has 0 aromatic rings. The molecule has 17 nitrogen and oxygen atoms in total. The highest BCUT2D eigenvalue weighted by Gasteiger charge is 2.31. The van der Waals surface area contributed by atoms with E-state index < -0.39 is 97.5 Å². The van der Waals surface area contributed by atoms with Crippen LogP contribution in [0.15, 0.2) is 0 Å². The van der Waals surface area contributed by atoms with Crippen LogP contribution >= 0.6 is 15.6 Å². The van der Waals surface area contributed by atoms with Crippen LogP contribution in [0.3, 0.4) is 0 Å². The second kappa shape index (κ2) is 81.2. The summed E-state index contributed by atoms with van der Waals surface area (Å²) >= 11 is 0. The lowest BCUT2D eigenvalue weighted by molar-refractivity contribution is -0.161. The second-order valence-corrected chi connectivity index (χ2v) is 36.2. The molecule has 0 heterocycles. The predicted octanol–water partition coefficient (Wildman–Crippen LogP) is 27.8. The number of phosphoric acid groups is 2. The number of carbonyl (C=O) groups excluding carboxylic acids is 4. The summed E-state index contributed by atoms with van der Waals surface area (Å²) in [7, 11) is -9.93. The van der Waals surface area contributed by atoms with Gasteiger partial charge in [-0.25, -0.2) is 9.13 Å². The minimum absolute atomic E-state index is 0.107. The van der Waals surface area contributed by atoms with E-state index >= 15 is 0 Å². The molecule has 0 aliphatic rings. The monoisotopic (exact) mass is 1590 g/mol. The van der Waals surface area contributed by atoms with E-state index in [4.69, 9.17) is 37.0 Å². The second-order valence-electron chi connectivity index (χ2n) is 33.3. The van der Waals surface area contributed by atoms with E-state index in [9.17, 15) is 43.2 Å². The molecular weight excluding hydrogens is 1410 g/mol. The molecule has 0 radical (unpaired) electrons. The molecule has 0 amide bonds. The topological polar surface area (TPSA) is 237 Å². The number of hydrogen-bond donors (Lipinski definition) is 3. The summed E-state index contributed by atoms with van der Waals surface area (Å²) < 4.78 is 69.0. The Kier molecular flexibility index (Phi) is 79.8. The number of ether oxygens (including phenoxy) is 4. The number of rotatable bonds is 89. The van der Waals surface area contributed by atoms with Gasteiger partial charge >= 0.3 is 39.5 Å². The first kappa shape index (κ1) is 107. The minimum Gasteiger partial charge on any atom is -0.462 e. The van der Waals surface area contributed by atoms with Gasteiger partial charge in [0.05, 0.1) is 26.4 Å². The molecule has 3 N–H and O–H groups in total. The van der Waals surface area contributed by atoms with Crippen molar-refractivity contribution in [3.8, 4) is 0 Å². The molecule has 0 saturated heterocycles. The van der Waals surface area contributed by atoms with E-state index in [0.29, 0.717) is 31.6 Å². The summed E-state index contributed by atoms with van der Waals surface area (Å²) in [5.74, 6) is -0.592. The predicted molar refractivity (Wildman–Crippen MR) is 451 cm³/mol. The largest absolute Gasteiger partial charge is 0.472 e. The van der Waals surface area contributed by atoms with Gasteiger partial charge in [0.15, 0.2) is 12.2 Å². The molecule has 0 aliphatic heterocycles. The van der Waals surface area contributed by atoms with Gasteiger partial charge in [0.1, 0.15) is 19.3 Å². The summed E-state index contributed by atoms with van der Waals surface area (Å²) in [4.78, 5) is 73.3. The van der Waals surface area contributed by atoms with E-state index in [2.05, 4.69) is 41.5 Å². The number of aliphatic hydroxyl groups excluding tert-OH is 1. The van der Waals surface area contributed by atoms with Crippen LogP contribution in [0.1, 0.15) is 485 Å². The Bertz CT molecular complexity index is 2080. The number of esters is 4. The van der Waals surface area contributed by atoms with Crippen molar-refractivity contribution in [3.63, 3.8) is 0 Å². The Balaban J connectivity index is 5.21. The zero-order valence-corrected chi connectivity index (χ0v) is 73.7. The zero-order valence-electron chi connectivity index (χ0n) is 71.9. The Hall–Kier alpha value is -1.94. The van der Waals surface area contributed by atoms with Crippen LogP contribution in [-0.2, 0) is 65.4 Å². The fraction of sp³-hybridized carbons (Fsp3) is 0.956. The molecule has 0 bridgehead atoms. The van der Waals surface area contributed by atoms with Crippen LogP contribution in [0, 0.1) is 11.8 Å². The maximum atomic E-state index is 13.2. The quantitative estimate of drug-likeness (QED) is 0.0222. The average Bonchev–Trinajstić information content (AvgIpc) is 0.898. The highest BCUT2D eigenvalue weighted by atomic mass is 31.2. The van der Waals surface area contributed by atoms with Gasteiger partial charge in [0, 0.05) is 25.7 Å². The number of unbranched alkanes of at least 4 members (excludes halogenated alkanes) is 59. The Morgan fingerprint density at radius 1 is 0.248 bits per heavy atom. The lowest BCUT2D eigenvalue weighted by Crippen LogP contribution is -2.30. The number of aliphatic hydroxyl groups is 1. The number of phosphoric ester groups is 2. The van der Waals surface area contributed by atoms with Gasteiger partial charge in [0.25, 0.3) is 0 Å². The first-order valence-electron chi connectivity index (χ1n) is 46.5. The Labute approximate surface area is 670 Å². The average molecular weight is 1590 g/mol. The molecule has 2 unspecified atom stereocenters. The minimum atomic E-state index is -4.97. The Morgan fingerprint density at radius 2 is 0.422 bits per heavy atom. The summed E-state index contributed by atoms with van der Waals surface area (Å²) in [5, 5.41) is 10.7. The third kappa shape index (κ3) is 83.8. The van der Waals surface area contributed by atoms with Gasteiger partial charge < -0.3 is 33.8 Å². The van der Waals surface area contributed by atoms with Crippen LogP contribution in [0.2, 0.25) is 0 Å². The van der Waals surface area contributed by atoms with Gasteiger partial charge in [-0.1, -0.05) is 433 Å². The van der Waals surface area contributed by atoms with Crippen molar-refractivity contribution in [2.45, 2.75) is 503 Å². The lowest BCUT2D eigenvalue weighted by Gasteiger charge is -2.21. The standard InChI is InChI=1S/C90H176O17P2/c1-7-9-11-13-15-17-19-21-23-25-27-28-29-31-33-37-41-45-49-55-62-68-74-89(94)106-85(78-100-87(92)72-66-60-54-48-44-40-36-32-30-26-24-22-20-18-16-14-12-10-8-2)80-104-108(96,97)102-76-84(91)77-103-109(98,99)105-81-86(79-101-88(93)73-67-61-57-51-53-59-65-71-83(5)6)107-90(95)75-69-63-56-50-46-42-38-34-35-39-43-47-52-58-64-70-82(3)4/h82-86,91H,7-81H2,1-6H3,(H,96,97)(H,98,99)/t84-,85-,86-/m1/s1. The van der Waals surface area contributed by atoms with Gasteiger partial charge in [-0.15, -0.1) is 0 Å². The first-order chi connectivity index (χ1) is 52.9. The van der Waals surface area contributed by atoms with Crippen LogP contribution in [-0.4, -0.2) is 96.7 Å². The van der Waals surface area contributed by atoms with Crippen LogP contribution in [0.4, 0.5) is 0 Å². The normalized spacial score (nSPS) is 13.8. The van der Waals surface area contributed by atoms with Gasteiger partial charge in [-0.05, 0) is 37.5 Å². The van der Waals surface area contributed by atoms with Crippen molar-refractivity contribution in [1.29, 1.82) is 0 Å². The molecule has 0 aromatic heterocycles. The third-order valence-corrected chi connectivity index (χ3v) is 23.1. The molecule has 0 spiro atoms. The van der Waals surface area contributed by atoms with E-state index in [1.54, 1.807) is 0 Å². The van der Waals surface area contributed by atoms with Crippen molar-refractivity contribution in [2.24, 2.45) is 11.8 Å². The van der Waals surface area contributed by atoms with E-state index in [-0.39, 0.29) is 25.7 Å². The zero-order chi connectivity index (χ0) is 79.9. The van der Waals surface area contributed by atoms with Gasteiger partial charge in [0.2, 0.25) is 0 Å². The summed E-state index contributed by atoms with van der Waals surface area (Å²) in [5.41, 5.74) is 0. The molecule has 0 fully saturated rings. The molecule has 5 atom stereocenters. The maximum absolute atomic E-state index is 13.2. The molecule has 648 valence electrons. The van der Waals surface area contributed by atoms with Gasteiger partial charge in [-0.2, -0.15) is 0 Å². The fourth-order valence-corrected chi connectivity index (χ4v) is 15.7. The van der Waals surface area contributed by atoms with E-state index in [1.165, 1.54) is 295 Å². The molecule has 0 rings (SSSR count). The van der Waals surface area contributed by atoms with Crippen molar-refractivity contribution < 1.29 is 80.2 Å². The summed E-state index contributed by atoms with van der Waals surface area (Å²) in [6, 6.07) is 0. The van der Waals surface area contributed by atoms with Crippen LogP contribution < -0.4 is 0 Å². The third-order valence-electron chi connectivity index (χ3n) is 21.2. The van der Waals surface area contributed by atoms with Crippen LogP contribution in [0.5, 0.6) is 0 Å². The van der Waals surface area contributed by atoms with Crippen molar-refractivity contribution >= 4 is 39.5 Å². The Morgan fingerprint density at radius 3 is 0.624 bits per heavy atom. The maximum Gasteiger partial charge on any atom is 0.472 e. The van der Waals surface area contributed by atoms with Crippen molar-refractivity contribution in [2.75, 3.05) is 39.6 Å².